The van der Waals surface area contributed by atoms with Gasteiger partial charge in [0.1, 0.15) is 5.00 Å². The fourth-order valence-electron chi connectivity index (χ4n) is 4.13. The molecule has 0 spiro atoms. The van der Waals surface area contributed by atoms with E-state index in [-0.39, 0.29) is 23.4 Å². The van der Waals surface area contributed by atoms with Crippen molar-refractivity contribution in [1.29, 1.82) is 0 Å². The molecular formula is C28H29N3O4S3. The van der Waals surface area contributed by atoms with Crippen LogP contribution in [0.2, 0.25) is 0 Å². The molecule has 1 aliphatic rings. The predicted molar refractivity (Wildman–Crippen MR) is 159 cm³/mol. The van der Waals surface area contributed by atoms with Crippen molar-refractivity contribution in [2.24, 2.45) is 0 Å². The van der Waals surface area contributed by atoms with Crippen LogP contribution in [0.25, 0.3) is 0 Å². The lowest BCUT2D eigenvalue weighted by Gasteiger charge is -2.12. The summed E-state index contributed by atoms with van der Waals surface area (Å²) in [5.41, 5.74) is 3.74. The van der Waals surface area contributed by atoms with Crippen molar-refractivity contribution in [1.82, 2.24) is 0 Å². The first-order valence-electron chi connectivity index (χ1n) is 12.4. The average Bonchev–Trinajstić information content (AvgIpc) is 3.26. The van der Waals surface area contributed by atoms with E-state index in [1.165, 1.54) is 34.9 Å². The van der Waals surface area contributed by atoms with Gasteiger partial charge >= 0.3 is 5.97 Å². The molecule has 10 heteroatoms. The van der Waals surface area contributed by atoms with Crippen molar-refractivity contribution in [3.63, 3.8) is 0 Å². The third kappa shape index (κ3) is 7.21. The predicted octanol–water partition coefficient (Wildman–Crippen LogP) is 6.55. The molecule has 0 saturated heterocycles. The van der Waals surface area contributed by atoms with Gasteiger partial charge in [0.25, 0.3) is 0 Å². The summed E-state index contributed by atoms with van der Waals surface area (Å²) in [4.78, 5) is 39.0. The van der Waals surface area contributed by atoms with Crippen LogP contribution < -0.4 is 16.0 Å². The van der Waals surface area contributed by atoms with E-state index in [2.05, 4.69) is 16.0 Å². The first kappa shape index (κ1) is 27.8. The smallest absolute Gasteiger partial charge is 0.341 e. The first-order valence-corrected chi connectivity index (χ1v) is 14.6. The van der Waals surface area contributed by atoms with E-state index in [0.717, 1.165) is 47.5 Å². The number of hydrogen-bond acceptors (Lipinski definition) is 7. The summed E-state index contributed by atoms with van der Waals surface area (Å²) < 4.78 is 5.28. The van der Waals surface area contributed by atoms with Crippen molar-refractivity contribution in [3.8, 4) is 0 Å². The van der Waals surface area contributed by atoms with E-state index >= 15 is 0 Å². The molecule has 3 N–H and O–H groups in total. The van der Waals surface area contributed by atoms with Crippen molar-refractivity contribution in [3.05, 3.63) is 70.1 Å². The molecule has 1 aromatic heterocycles. The maximum absolute atomic E-state index is 12.8. The molecule has 1 heterocycles. The van der Waals surface area contributed by atoms with Gasteiger partial charge in [-0.2, -0.15) is 0 Å². The van der Waals surface area contributed by atoms with Gasteiger partial charge in [0, 0.05) is 26.7 Å². The third-order valence-electron chi connectivity index (χ3n) is 5.91. The standard InChI is InChI=1S/C28H29N3O4S3/c1-3-35-27(34)25-22-9-4-5-10-23(22)38-26(25)31-24(33)16-37-21-8-6-7-20(15-21)30-28(36)29-19-13-11-18(12-14-19)17(2)32/h6-8,11-15H,3-5,9-10,16H2,1-2H3,(H,31,33)(H2,29,30,36). The molecule has 0 aliphatic heterocycles. The Morgan fingerprint density at radius 2 is 1.74 bits per heavy atom. The van der Waals surface area contributed by atoms with Crippen LogP contribution in [0.15, 0.2) is 53.4 Å². The number of carbonyl (C=O) groups is 3. The van der Waals surface area contributed by atoms with Crippen LogP contribution >= 0.6 is 35.3 Å². The van der Waals surface area contributed by atoms with Crippen LogP contribution in [0.3, 0.4) is 0 Å². The molecule has 38 heavy (non-hydrogen) atoms. The van der Waals surface area contributed by atoms with Gasteiger partial charge in [0.2, 0.25) is 5.91 Å². The van der Waals surface area contributed by atoms with Crippen molar-refractivity contribution in [2.45, 2.75) is 44.4 Å². The second kappa shape index (κ2) is 13.0. The highest BCUT2D eigenvalue weighted by atomic mass is 32.2. The second-order valence-electron chi connectivity index (χ2n) is 8.71. The van der Waals surface area contributed by atoms with E-state index < -0.39 is 0 Å². The highest BCUT2D eigenvalue weighted by molar-refractivity contribution is 8.00. The van der Waals surface area contributed by atoms with Gasteiger partial charge in [-0.1, -0.05) is 6.07 Å². The van der Waals surface area contributed by atoms with E-state index in [1.807, 2.05) is 24.3 Å². The molecule has 0 fully saturated rings. The SMILES string of the molecule is CCOC(=O)c1c(NC(=O)CSc2cccc(NC(=S)Nc3ccc(C(C)=O)cc3)c2)sc2c1CCCC2. The Morgan fingerprint density at radius 3 is 2.47 bits per heavy atom. The van der Waals surface area contributed by atoms with Crippen LogP contribution in [0, 0.1) is 0 Å². The normalized spacial score (nSPS) is 12.3. The van der Waals surface area contributed by atoms with Gasteiger partial charge in [-0.15, -0.1) is 23.1 Å². The summed E-state index contributed by atoms with van der Waals surface area (Å²) in [6.07, 6.45) is 3.89. The van der Waals surface area contributed by atoms with Gasteiger partial charge in [-0.3, -0.25) is 9.59 Å². The number of carbonyl (C=O) groups excluding carboxylic acids is 3. The Kier molecular flexibility index (Phi) is 9.54. The number of ketones is 1. The quantitative estimate of drug-likeness (QED) is 0.116. The topological polar surface area (TPSA) is 96.5 Å². The number of esters is 1. The lowest BCUT2D eigenvalue weighted by Crippen LogP contribution is -2.19. The fraction of sp³-hybridized carbons (Fsp3) is 0.286. The zero-order chi connectivity index (χ0) is 27.1. The largest absolute Gasteiger partial charge is 0.462 e. The molecule has 0 unspecified atom stereocenters. The molecule has 3 aromatic rings. The highest BCUT2D eigenvalue weighted by Gasteiger charge is 2.27. The van der Waals surface area contributed by atoms with Crippen LogP contribution in [0.5, 0.6) is 0 Å². The lowest BCUT2D eigenvalue weighted by molar-refractivity contribution is -0.113. The Balaban J connectivity index is 1.34. The number of rotatable bonds is 9. The van der Waals surface area contributed by atoms with Gasteiger partial charge in [0.15, 0.2) is 10.9 Å². The first-order chi connectivity index (χ1) is 18.3. The zero-order valence-corrected chi connectivity index (χ0v) is 23.7. The summed E-state index contributed by atoms with van der Waals surface area (Å²) in [7, 11) is 0. The van der Waals surface area contributed by atoms with Gasteiger partial charge < -0.3 is 20.7 Å². The summed E-state index contributed by atoms with van der Waals surface area (Å²) in [6, 6.07) is 14.7. The molecule has 0 radical (unpaired) electrons. The Labute approximate surface area is 235 Å². The molecule has 1 aliphatic carbocycles. The van der Waals surface area contributed by atoms with Gasteiger partial charge in [-0.25, -0.2) is 4.79 Å². The number of thioether (sulfide) groups is 1. The Hall–Kier alpha value is -3.21. The maximum atomic E-state index is 12.8. The number of benzene rings is 2. The molecule has 0 saturated carbocycles. The summed E-state index contributed by atoms with van der Waals surface area (Å²) in [5.74, 6) is -0.342. The molecule has 4 rings (SSSR count). The van der Waals surface area contributed by atoms with Crippen LogP contribution in [0.1, 0.15) is 57.8 Å². The maximum Gasteiger partial charge on any atom is 0.341 e. The minimum Gasteiger partial charge on any atom is -0.462 e. The number of aryl methyl sites for hydroxylation is 1. The van der Waals surface area contributed by atoms with Gasteiger partial charge in [0.05, 0.1) is 17.9 Å². The number of thiocarbonyl (C=S) groups is 1. The lowest BCUT2D eigenvalue weighted by atomic mass is 9.95. The number of anilines is 3. The number of thiophene rings is 1. The monoisotopic (exact) mass is 567 g/mol. The molecule has 1 amide bonds. The summed E-state index contributed by atoms with van der Waals surface area (Å²) in [6.45, 7) is 3.60. The number of hydrogen-bond donors (Lipinski definition) is 3. The molecule has 7 nitrogen and oxygen atoms in total. The van der Waals surface area contributed by atoms with E-state index in [4.69, 9.17) is 17.0 Å². The van der Waals surface area contributed by atoms with Crippen molar-refractivity contribution >= 4 is 74.5 Å². The number of fused-ring (bicyclic) bond motifs is 1. The fourth-order valence-corrected chi connectivity index (χ4v) is 6.41. The molecular weight excluding hydrogens is 539 g/mol. The average molecular weight is 568 g/mol. The molecule has 198 valence electrons. The second-order valence-corrected chi connectivity index (χ2v) is 11.3. The third-order valence-corrected chi connectivity index (χ3v) is 8.32. The molecule has 2 aromatic carbocycles. The van der Waals surface area contributed by atoms with Crippen molar-refractivity contribution in [2.75, 3.05) is 28.3 Å². The number of nitrogens with one attached hydrogen (secondary N) is 3. The molecule has 0 bridgehead atoms. The van der Waals surface area contributed by atoms with Crippen LogP contribution in [0.4, 0.5) is 16.4 Å². The number of amides is 1. The van der Waals surface area contributed by atoms with E-state index in [1.54, 1.807) is 31.2 Å². The zero-order valence-electron chi connectivity index (χ0n) is 21.2. The minimum atomic E-state index is -0.368. The van der Waals surface area contributed by atoms with E-state index in [0.29, 0.717) is 27.8 Å². The van der Waals surface area contributed by atoms with Crippen LogP contribution in [-0.4, -0.2) is 35.1 Å². The molecule has 0 atom stereocenters. The van der Waals surface area contributed by atoms with Gasteiger partial charge in [-0.05, 0) is 99.8 Å². The van der Waals surface area contributed by atoms with E-state index in [9.17, 15) is 14.4 Å². The minimum absolute atomic E-state index is 0.00851. The highest BCUT2D eigenvalue weighted by Crippen LogP contribution is 2.38. The summed E-state index contributed by atoms with van der Waals surface area (Å²) >= 11 is 8.30. The Bertz CT molecular complexity index is 1350. The number of Topliss-reactive ketones (excluding diaryl/α,β-unsaturated/α-hetero) is 1. The number of ether oxygens (including phenoxy) is 1. The summed E-state index contributed by atoms with van der Waals surface area (Å²) in [5, 5.41) is 10.2. The Morgan fingerprint density at radius 1 is 1.00 bits per heavy atom. The van der Waals surface area contributed by atoms with Crippen LogP contribution in [-0.2, 0) is 22.4 Å². The van der Waals surface area contributed by atoms with Crippen molar-refractivity contribution < 1.29 is 19.1 Å².